The smallest absolute Gasteiger partial charge is 0.281 e. The van der Waals surface area contributed by atoms with Crippen LogP contribution in [-0.2, 0) is 10.1 Å². The average molecular weight is 296 g/mol. The molecule has 2 atom stereocenters. The van der Waals surface area contributed by atoms with Crippen molar-refractivity contribution in [1.82, 2.24) is 0 Å². The summed E-state index contributed by atoms with van der Waals surface area (Å²) in [5.74, 6) is 1.38. The first-order valence-corrected chi connectivity index (χ1v) is 8.32. The molecule has 2 unspecified atom stereocenters. The molecule has 112 valence electrons. The average Bonchev–Trinajstić information content (AvgIpc) is 2.08. The second-order valence-corrected chi connectivity index (χ2v) is 8.50. The lowest BCUT2D eigenvalue weighted by Crippen LogP contribution is -2.46. The van der Waals surface area contributed by atoms with Gasteiger partial charge in [0.15, 0.2) is 0 Å². The molecule has 3 aliphatic carbocycles. The van der Waals surface area contributed by atoms with Gasteiger partial charge in [-0.05, 0) is 55.3 Å². The molecule has 0 radical (unpaired) electrons. The molecule has 0 spiro atoms. The molecule has 0 amide bonds. The van der Waals surface area contributed by atoms with Crippen LogP contribution in [0.3, 0.4) is 0 Å². The Labute approximate surface area is 113 Å². The van der Waals surface area contributed by atoms with Crippen molar-refractivity contribution in [2.24, 2.45) is 23.2 Å². The van der Waals surface area contributed by atoms with Crippen molar-refractivity contribution in [3.8, 4) is 0 Å². The highest BCUT2D eigenvalue weighted by Gasteiger charge is 2.56. The number of alkyl halides is 2. The van der Waals surface area contributed by atoms with Crippen LogP contribution < -0.4 is 0 Å². The SMILES string of the molecule is CC1CC(C)CC2(CC(F)(F)S(=O)(=O)O)CC(C1)C2. The van der Waals surface area contributed by atoms with E-state index in [9.17, 15) is 17.2 Å². The van der Waals surface area contributed by atoms with E-state index >= 15 is 0 Å². The van der Waals surface area contributed by atoms with E-state index in [4.69, 9.17) is 4.55 Å². The zero-order valence-electron chi connectivity index (χ0n) is 11.4. The maximum Gasteiger partial charge on any atom is 0.370 e. The molecule has 3 rings (SSSR count). The summed E-state index contributed by atoms with van der Waals surface area (Å²) in [6.45, 7) is 4.23. The largest absolute Gasteiger partial charge is 0.370 e. The Bertz CT molecular complexity index is 439. The first-order chi connectivity index (χ1) is 8.53. The van der Waals surface area contributed by atoms with Gasteiger partial charge in [-0.25, -0.2) is 0 Å². The molecule has 3 fully saturated rings. The first-order valence-electron chi connectivity index (χ1n) is 6.88. The number of hydrogen-bond donors (Lipinski definition) is 1. The van der Waals surface area contributed by atoms with Crippen molar-refractivity contribution in [3.63, 3.8) is 0 Å². The van der Waals surface area contributed by atoms with Crippen LogP contribution in [0.1, 0.15) is 52.4 Å². The fourth-order valence-electron chi connectivity index (χ4n) is 4.42. The molecule has 3 nitrogen and oxygen atoms in total. The summed E-state index contributed by atoms with van der Waals surface area (Å²) in [5, 5.41) is -4.01. The monoisotopic (exact) mass is 296 g/mol. The van der Waals surface area contributed by atoms with Crippen LogP contribution in [0.25, 0.3) is 0 Å². The third-order valence-electron chi connectivity index (χ3n) is 4.72. The molecular weight excluding hydrogens is 274 g/mol. The fraction of sp³-hybridized carbons (Fsp3) is 1.00. The molecule has 1 N–H and O–H groups in total. The van der Waals surface area contributed by atoms with Crippen molar-refractivity contribution in [2.75, 3.05) is 0 Å². The van der Waals surface area contributed by atoms with Gasteiger partial charge in [0.25, 0.3) is 0 Å². The minimum Gasteiger partial charge on any atom is -0.281 e. The Morgan fingerprint density at radius 3 is 2.26 bits per heavy atom. The molecule has 0 saturated heterocycles. The van der Waals surface area contributed by atoms with Gasteiger partial charge in [0.1, 0.15) is 0 Å². The Kier molecular flexibility index (Phi) is 3.71. The molecule has 0 aromatic heterocycles. The zero-order chi connectivity index (χ0) is 14.5. The van der Waals surface area contributed by atoms with Gasteiger partial charge in [0.05, 0.1) is 0 Å². The fourth-order valence-corrected chi connectivity index (χ4v) is 4.91. The van der Waals surface area contributed by atoms with Crippen molar-refractivity contribution < 1.29 is 21.8 Å². The molecule has 0 aromatic rings. The Hall–Kier alpha value is -0.230. The van der Waals surface area contributed by atoms with Crippen LogP contribution in [0.2, 0.25) is 0 Å². The summed E-state index contributed by atoms with van der Waals surface area (Å²) in [4.78, 5) is 0. The topological polar surface area (TPSA) is 54.4 Å². The standard InChI is InChI=1S/C13H22F2O3S/c1-9-3-10(2)5-12(6-11(4-9)7-12)8-13(14,15)19(16,17)18/h9-11H,3-8H2,1-2H3,(H,16,17,18). The van der Waals surface area contributed by atoms with Crippen LogP contribution in [0.5, 0.6) is 0 Å². The highest BCUT2D eigenvalue weighted by molar-refractivity contribution is 7.86. The molecule has 2 bridgehead atoms. The van der Waals surface area contributed by atoms with E-state index in [1.54, 1.807) is 0 Å². The second kappa shape index (κ2) is 4.65. The van der Waals surface area contributed by atoms with Gasteiger partial charge in [-0.1, -0.05) is 13.8 Å². The van der Waals surface area contributed by atoms with E-state index in [2.05, 4.69) is 6.92 Å². The summed E-state index contributed by atoms with van der Waals surface area (Å²) in [5.41, 5.74) is -0.594. The normalized spacial score (nSPS) is 40.2. The maximum absolute atomic E-state index is 13.6. The summed E-state index contributed by atoms with van der Waals surface area (Å²) < 4.78 is 57.4. The van der Waals surface area contributed by atoms with Gasteiger partial charge in [0, 0.05) is 6.42 Å². The third kappa shape index (κ3) is 3.10. The molecule has 3 aliphatic rings. The lowest BCUT2D eigenvalue weighted by molar-refractivity contribution is -0.0704. The highest BCUT2D eigenvalue weighted by atomic mass is 32.2. The molecule has 0 aliphatic heterocycles. The quantitative estimate of drug-likeness (QED) is 0.808. The van der Waals surface area contributed by atoms with Gasteiger partial charge in [0.2, 0.25) is 0 Å². The maximum atomic E-state index is 13.6. The van der Waals surface area contributed by atoms with E-state index in [1.807, 2.05) is 6.92 Å². The molecule has 0 heterocycles. The Morgan fingerprint density at radius 1 is 1.16 bits per heavy atom. The van der Waals surface area contributed by atoms with E-state index in [-0.39, 0.29) is 0 Å². The van der Waals surface area contributed by atoms with Crippen LogP contribution in [0, 0.1) is 23.2 Å². The summed E-state index contributed by atoms with van der Waals surface area (Å²) in [6, 6.07) is 0. The van der Waals surface area contributed by atoms with E-state index < -0.39 is 27.2 Å². The Balaban J connectivity index is 2.12. The minimum atomic E-state index is -5.30. The third-order valence-corrected chi connectivity index (χ3v) is 5.62. The van der Waals surface area contributed by atoms with E-state index in [0.29, 0.717) is 37.0 Å². The van der Waals surface area contributed by atoms with Crippen molar-refractivity contribution in [1.29, 1.82) is 0 Å². The number of rotatable bonds is 3. The zero-order valence-corrected chi connectivity index (χ0v) is 12.2. The second-order valence-electron chi connectivity index (χ2n) is 6.95. The Morgan fingerprint density at radius 2 is 1.74 bits per heavy atom. The van der Waals surface area contributed by atoms with Gasteiger partial charge in [-0.15, -0.1) is 0 Å². The van der Waals surface area contributed by atoms with Gasteiger partial charge < -0.3 is 0 Å². The van der Waals surface area contributed by atoms with Crippen LogP contribution in [0.4, 0.5) is 8.78 Å². The van der Waals surface area contributed by atoms with Crippen molar-refractivity contribution >= 4 is 10.1 Å². The lowest BCUT2D eigenvalue weighted by atomic mass is 9.53. The van der Waals surface area contributed by atoms with E-state index in [0.717, 1.165) is 12.8 Å². The summed E-state index contributed by atoms with van der Waals surface area (Å²) in [7, 11) is -5.30. The lowest BCUT2D eigenvalue weighted by Gasteiger charge is -2.53. The molecule has 3 saturated carbocycles. The van der Waals surface area contributed by atoms with Crippen LogP contribution in [0.15, 0.2) is 0 Å². The minimum absolute atomic E-state index is 0.327. The number of fused-ring (bicyclic) bond motifs is 4. The summed E-state index contributed by atoms with van der Waals surface area (Å²) in [6.07, 6.45) is 3.31. The van der Waals surface area contributed by atoms with Gasteiger partial charge in [-0.2, -0.15) is 17.2 Å². The number of halogens is 2. The molecular formula is C13H22F2O3S. The molecule has 6 heteroatoms. The van der Waals surface area contributed by atoms with E-state index in [1.165, 1.54) is 0 Å². The summed E-state index contributed by atoms with van der Waals surface area (Å²) >= 11 is 0. The van der Waals surface area contributed by atoms with Crippen LogP contribution >= 0.6 is 0 Å². The van der Waals surface area contributed by atoms with Gasteiger partial charge in [-0.3, -0.25) is 4.55 Å². The highest BCUT2D eigenvalue weighted by Crippen LogP contribution is 2.59. The predicted octanol–water partition coefficient (Wildman–Crippen LogP) is 3.71. The predicted molar refractivity (Wildman–Crippen MR) is 68.4 cm³/mol. The number of hydrogen-bond acceptors (Lipinski definition) is 2. The first kappa shape index (κ1) is 15.2. The van der Waals surface area contributed by atoms with Crippen molar-refractivity contribution in [3.05, 3.63) is 0 Å². The van der Waals surface area contributed by atoms with Gasteiger partial charge >= 0.3 is 15.4 Å². The van der Waals surface area contributed by atoms with Crippen LogP contribution in [-0.4, -0.2) is 18.2 Å². The molecule has 0 aromatic carbocycles. The van der Waals surface area contributed by atoms with Crippen molar-refractivity contribution in [2.45, 2.75) is 57.6 Å². The molecule has 19 heavy (non-hydrogen) atoms.